The zero-order valence-corrected chi connectivity index (χ0v) is 13.1. The molecule has 3 nitrogen and oxygen atoms in total. The number of hydrogen-bond acceptors (Lipinski definition) is 3. The largest absolute Gasteiger partial charge is 0.366 e. The van der Waals surface area contributed by atoms with Crippen LogP contribution in [0.4, 0.5) is 10.1 Å². The zero-order valence-electron chi connectivity index (χ0n) is 13.1. The number of benzene rings is 1. The van der Waals surface area contributed by atoms with Crippen LogP contribution >= 0.6 is 0 Å². The molecular weight excluding hydrogens is 265 g/mol. The topological polar surface area (TPSA) is 18.5 Å². The Labute approximate surface area is 127 Å². The van der Waals surface area contributed by atoms with E-state index in [1.807, 2.05) is 6.07 Å². The highest BCUT2D eigenvalue weighted by atomic mass is 19.1. The van der Waals surface area contributed by atoms with Gasteiger partial charge >= 0.3 is 0 Å². The molecule has 0 aromatic heterocycles. The lowest BCUT2D eigenvalue weighted by atomic mass is 10.1. The van der Waals surface area contributed by atoms with Gasteiger partial charge in [-0.05, 0) is 37.1 Å². The molecule has 2 saturated heterocycles. The molecule has 1 N–H and O–H groups in total. The number of anilines is 1. The van der Waals surface area contributed by atoms with Gasteiger partial charge in [-0.25, -0.2) is 4.39 Å². The third-order valence-corrected chi connectivity index (χ3v) is 4.65. The summed E-state index contributed by atoms with van der Waals surface area (Å²) < 4.78 is 14.4. The second-order valence-corrected chi connectivity index (χ2v) is 6.60. The lowest BCUT2D eigenvalue weighted by molar-refractivity contribution is 0.230. The number of halogens is 1. The van der Waals surface area contributed by atoms with Gasteiger partial charge in [-0.2, -0.15) is 0 Å². The van der Waals surface area contributed by atoms with Crippen molar-refractivity contribution >= 4 is 5.69 Å². The van der Waals surface area contributed by atoms with Gasteiger partial charge in [0.1, 0.15) is 5.82 Å². The summed E-state index contributed by atoms with van der Waals surface area (Å²) in [6.07, 6.45) is 2.55. The summed E-state index contributed by atoms with van der Waals surface area (Å²) in [5.74, 6) is -0.0792. The van der Waals surface area contributed by atoms with Crippen LogP contribution in [0, 0.1) is 5.82 Å². The van der Waals surface area contributed by atoms with Crippen LogP contribution < -0.4 is 10.2 Å². The molecule has 1 unspecified atom stereocenters. The van der Waals surface area contributed by atoms with Gasteiger partial charge in [-0.15, -0.1) is 0 Å². The smallest absolute Gasteiger partial charge is 0.146 e. The first kappa shape index (κ1) is 14.8. The summed E-state index contributed by atoms with van der Waals surface area (Å²) in [5, 5.41) is 3.33. The first-order chi connectivity index (χ1) is 10.1. The average molecular weight is 291 g/mol. The molecule has 0 bridgehead atoms. The van der Waals surface area contributed by atoms with Gasteiger partial charge in [0.05, 0.1) is 5.69 Å². The summed E-state index contributed by atoms with van der Waals surface area (Å²) in [5.41, 5.74) is 1.79. The quantitative estimate of drug-likeness (QED) is 0.920. The zero-order chi connectivity index (χ0) is 14.8. The summed E-state index contributed by atoms with van der Waals surface area (Å²) >= 11 is 0. The normalized spacial score (nSPS) is 22.9. The molecule has 0 saturated carbocycles. The molecule has 3 rings (SSSR count). The lowest BCUT2D eigenvalue weighted by Gasteiger charge is -2.39. The molecule has 0 spiro atoms. The molecule has 4 heteroatoms. The highest BCUT2D eigenvalue weighted by molar-refractivity contribution is 5.50. The molecule has 1 aromatic carbocycles. The maximum Gasteiger partial charge on any atom is 0.146 e. The van der Waals surface area contributed by atoms with Gasteiger partial charge in [0.2, 0.25) is 0 Å². The van der Waals surface area contributed by atoms with Gasteiger partial charge in [0.15, 0.2) is 0 Å². The molecule has 2 fully saturated rings. The molecule has 2 heterocycles. The van der Waals surface area contributed by atoms with Crippen molar-refractivity contribution in [1.82, 2.24) is 10.2 Å². The second-order valence-electron chi connectivity index (χ2n) is 6.60. The number of fused-ring (bicyclic) bond motifs is 1. The van der Waals surface area contributed by atoms with Crippen LogP contribution in [0.1, 0.15) is 32.3 Å². The van der Waals surface area contributed by atoms with E-state index in [-0.39, 0.29) is 5.82 Å². The number of rotatable bonds is 4. The molecule has 0 amide bonds. The monoisotopic (exact) mass is 291 g/mol. The molecule has 0 radical (unpaired) electrons. The van der Waals surface area contributed by atoms with E-state index in [1.165, 1.54) is 19.4 Å². The van der Waals surface area contributed by atoms with E-state index in [0.717, 1.165) is 37.4 Å². The summed E-state index contributed by atoms with van der Waals surface area (Å²) in [4.78, 5) is 4.77. The number of hydrogen-bond donors (Lipinski definition) is 1. The maximum absolute atomic E-state index is 14.4. The van der Waals surface area contributed by atoms with E-state index in [2.05, 4.69) is 35.0 Å². The predicted octanol–water partition coefficient (Wildman–Crippen LogP) is 2.61. The van der Waals surface area contributed by atoms with E-state index in [4.69, 9.17) is 0 Å². The molecule has 116 valence electrons. The summed E-state index contributed by atoms with van der Waals surface area (Å²) in [6.45, 7) is 9.14. The fraction of sp³-hybridized carbons (Fsp3) is 0.647. The highest BCUT2D eigenvalue weighted by Gasteiger charge is 2.31. The van der Waals surface area contributed by atoms with Gasteiger partial charge in [0, 0.05) is 38.3 Å². The Bertz CT molecular complexity index is 489. The van der Waals surface area contributed by atoms with Crippen molar-refractivity contribution in [2.75, 3.05) is 31.1 Å². The fourth-order valence-electron chi connectivity index (χ4n) is 3.45. The number of nitrogens with zero attached hydrogens (tertiary/aromatic N) is 2. The van der Waals surface area contributed by atoms with E-state index in [9.17, 15) is 4.39 Å². The average Bonchev–Trinajstić information content (AvgIpc) is 2.92. The van der Waals surface area contributed by atoms with E-state index in [1.54, 1.807) is 6.07 Å². The van der Waals surface area contributed by atoms with E-state index < -0.39 is 0 Å². The lowest BCUT2D eigenvalue weighted by Crippen LogP contribution is -2.50. The van der Waals surface area contributed by atoms with Crippen molar-refractivity contribution in [3.8, 4) is 0 Å². The van der Waals surface area contributed by atoms with Crippen LogP contribution in [0.3, 0.4) is 0 Å². The number of nitrogens with one attached hydrogen (secondary N) is 1. The Kier molecular flexibility index (Phi) is 4.45. The fourth-order valence-corrected chi connectivity index (χ4v) is 3.45. The minimum Gasteiger partial charge on any atom is -0.366 e. The van der Waals surface area contributed by atoms with Crippen LogP contribution in [-0.4, -0.2) is 43.2 Å². The van der Waals surface area contributed by atoms with Gasteiger partial charge < -0.3 is 10.2 Å². The standard InChI is InChI=1S/C17H26FN3/c1-13(2)19-11-14-5-6-17(16(18)10-14)21-9-8-20-7-3-4-15(20)12-21/h5-6,10,13,15,19H,3-4,7-9,11-12H2,1-2H3. The molecule has 21 heavy (non-hydrogen) atoms. The van der Waals surface area contributed by atoms with Crippen LogP contribution in [0.25, 0.3) is 0 Å². The molecule has 0 aliphatic carbocycles. The van der Waals surface area contributed by atoms with Gasteiger partial charge in [-0.3, -0.25) is 4.90 Å². The third kappa shape index (κ3) is 3.38. The third-order valence-electron chi connectivity index (χ3n) is 4.65. The first-order valence-electron chi connectivity index (χ1n) is 8.14. The first-order valence-corrected chi connectivity index (χ1v) is 8.14. The van der Waals surface area contributed by atoms with Gasteiger partial charge in [0.25, 0.3) is 0 Å². The second kappa shape index (κ2) is 6.32. The van der Waals surface area contributed by atoms with Crippen molar-refractivity contribution in [2.24, 2.45) is 0 Å². The molecule has 2 aliphatic heterocycles. The van der Waals surface area contributed by atoms with E-state index >= 15 is 0 Å². The Morgan fingerprint density at radius 3 is 2.90 bits per heavy atom. The Balaban J connectivity index is 1.68. The van der Waals surface area contributed by atoms with Gasteiger partial charge in [-0.1, -0.05) is 19.9 Å². The van der Waals surface area contributed by atoms with Crippen molar-refractivity contribution in [3.05, 3.63) is 29.6 Å². The van der Waals surface area contributed by atoms with Crippen molar-refractivity contribution in [2.45, 2.75) is 45.3 Å². The van der Waals surface area contributed by atoms with E-state index in [0.29, 0.717) is 12.1 Å². The van der Waals surface area contributed by atoms with Crippen molar-refractivity contribution in [1.29, 1.82) is 0 Å². The predicted molar refractivity (Wildman–Crippen MR) is 85.2 cm³/mol. The Hall–Kier alpha value is -1.13. The van der Waals surface area contributed by atoms with Crippen LogP contribution in [-0.2, 0) is 6.54 Å². The van der Waals surface area contributed by atoms with Crippen LogP contribution in [0.15, 0.2) is 18.2 Å². The van der Waals surface area contributed by atoms with Crippen LogP contribution in [0.2, 0.25) is 0 Å². The molecule has 1 aromatic rings. The summed E-state index contributed by atoms with van der Waals surface area (Å²) in [6, 6.07) is 6.74. The minimum absolute atomic E-state index is 0.0792. The molecule has 2 aliphatic rings. The summed E-state index contributed by atoms with van der Waals surface area (Å²) in [7, 11) is 0. The Morgan fingerprint density at radius 1 is 1.29 bits per heavy atom. The maximum atomic E-state index is 14.4. The van der Waals surface area contributed by atoms with Crippen LogP contribution in [0.5, 0.6) is 0 Å². The SMILES string of the molecule is CC(C)NCc1ccc(N2CCN3CCCC3C2)c(F)c1. The minimum atomic E-state index is -0.0792. The van der Waals surface area contributed by atoms with Crippen molar-refractivity contribution in [3.63, 3.8) is 0 Å². The molecular formula is C17H26FN3. The number of piperazine rings is 1. The van der Waals surface area contributed by atoms with Crippen molar-refractivity contribution < 1.29 is 4.39 Å². The highest BCUT2D eigenvalue weighted by Crippen LogP contribution is 2.27. The Morgan fingerprint density at radius 2 is 2.14 bits per heavy atom. The molecule has 1 atom stereocenters.